The predicted molar refractivity (Wildman–Crippen MR) is 91.1 cm³/mol. The molecular weight excluding hydrogens is 300 g/mol. The lowest BCUT2D eigenvalue weighted by Gasteiger charge is -2.29. The number of nitrogens with zero attached hydrogens (tertiary/aromatic N) is 1. The highest BCUT2D eigenvalue weighted by Gasteiger charge is 2.36. The number of hydrogen-bond donors (Lipinski definition) is 1. The second kappa shape index (κ2) is 6.28. The first kappa shape index (κ1) is 14.7. The van der Waals surface area contributed by atoms with E-state index in [1.807, 2.05) is 6.08 Å². The molecule has 1 aromatic heterocycles. The van der Waals surface area contributed by atoms with Crippen molar-refractivity contribution in [2.75, 3.05) is 0 Å². The van der Waals surface area contributed by atoms with Gasteiger partial charge in [-0.3, -0.25) is 9.69 Å². The van der Waals surface area contributed by atoms with Crippen LogP contribution in [-0.2, 0) is 11.2 Å². The third-order valence-electron chi connectivity index (χ3n) is 4.17. The van der Waals surface area contributed by atoms with Crippen LogP contribution in [0.2, 0.25) is 0 Å². The molecule has 1 aromatic rings. The maximum atomic E-state index is 12.6. The van der Waals surface area contributed by atoms with Gasteiger partial charge in [0.05, 0.1) is 0 Å². The molecule has 0 radical (unpaired) electrons. The van der Waals surface area contributed by atoms with Crippen LogP contribution >= 0.6 is 23.6 Å². The Hall–Kier alpha value is -1.20. The molecule has 0 atom stereocenters. The van der Waals surface area contributed by atoms with Crippen LogP contribution in [0.15, 0.2) is 17.8 Å². The highest BCUT2D eigenvalue weighted by molar-refractivity contribution is 7.80. The fraction of sp³-hybridized carbons (Fsp3) is 0.500. The minimum atomic E-state index is 0.0401. The number of carbonyl (C=O) groups excluding carboxylic acids is 1. The summed E-state index contributed by atoms with van der Waals surface area (Å²) < 4.78 is 0. The third kappa shape index (κ3) is 3.04. The van der Waals surface area contributed by atoms with Crippen molar-refractivity contribution in [1.82, 2.24) is 10.2 Å². The van der Waals surface area contributed by atoms with Crippen molar-refractivity contribution in [1.29, 1.82) is 0 Å². The minimum absolute atomic E-state index is 0.0401. The Morgan fingerprint density at radius 3 is 2.81 bits per heavy atom. The van der Waals surface area contributed by atoms with Gasteiger partial charge in [-0.2, -0.15) is 0 Å². The summed E-state index contributed by atoms with van der Waals surface area (Å²) in [5, 5.41) is 3.68. The fourth-order valence-electron chi connectivity index (χ4n) is 3.02. The lowest BCUT2D eigenvalue weighted by atomic mass is 9.94. The highest BCUT2D eigenvalue weighted by atomic mass is 32.1. The van der Waals surface area contributed by atoms with E-state index in [1.54, 1.807) is 16.2 Å². The lowest BCUT2D eigenvalue weighted by molar-refractivity contribution is -0.124. The standard InChI is InChI=1S/C16H20N2OS2/c1-2-12-8-9-13(21-12)10-14-15(19)18(16(20)17-14)11-6-4-3-5-7-11/h8-11H,2-7H2,1H3,(H,17,20). The van der Waals surface area contributed by atoms with Gasteiger partial charge in [0.2, 0.25) is 0 Å². The van der Waals surface area contributed by atoms with Crippen LogP contribution in [0.5, 0.6) is 0 Å². The quantitative estimate of drug-likeness (QED) is 0.681. The van der Waals surface area contributed by atoms with Crippen LogP contribution in [-0.4, -0.2) is 22.0 Å². The molecule has 2 fully saturated rings. The van der Waals surface area contributed by atoms with Crippen molar-refractivity contribution in [2.45, 2.75) is 51.5 Å². The van der Waals surface area contributed by atoms with Gasteiger partial charge in [0, 0.05) is 15.8 Å². The van der Waals surface area contributed by atoms with Crippen molar-refractivity contribution in [3.05, 3.63) is 27.6 Å². The van der Waals surface area contributed by atoms with E-state index in [-0.39, 0.29) is 11.9 Å². The molecule has 1 saturated heterocycles. The molecule has 0 bridgehead atoms. The van der Waals surface area contributed by atoms with E-state index in [0.29, 0.717) is 10.8 Å². The van der Waals surface area contributed by atoms with E-state index in [9.17, 15) is 4.79 Å². The van der Waals surface area contributed by atoms with Crippen molar-refractivity contribution < 1.29 is 4.79 Å². The number of thiocarbonyl (C=S) groups is 1. The largest absolute Gasteiger partial charge is 0.328 e. The maximum absolute atomic E-state index is 12.6. The van der Waals surface area contributed by atoms with Crippen LogP contribution in [0.1, 0.15) is 48.8 Å². The molecule has 0 aromatic carbocycles. The summed E-state index contributed by atoms with van der Waals surface area (Å²) in [5.41, 5.74) is 0.620. The first-order valence-corrected chi connectivity index (χ1v) is 8.86. The molecule has 112 valence electrons. The maximum Gasteiger partial charge on any atom is 0.276 e. The first-order valence-electron chi connectivity index (χ1n) is 7.64. The summed E-state index contributed by atoms with van der Waals surface area (Å²) in [6.45, 7) is 2.14. The van der Waals surface area contributed by atoms with E-state index in [2.05, 4.69) is 24.4 Å². The Morgan fingerprint density at radius 2 is 2.14 bits per heavy atom. The molecule has 1 N–H and O–H groups in total. The average molecular weight is 320 g/mol. The van der Waals surface area contributed by atoms with Crippen molar-refractivity contribution in [3.63, 3.8) is 0 Å². The van der Waals surface area contributed by atoms with Gasteiger partial charge in [0.1, 0.15) is 5.70 Å². The number of rotatable bonds is 3. The fourth-order valence-corrected chi connectivity index (χ4v) is 4.26. The van der Waals surface area contributed by atoms with E-state index in [0.717, 1.165) is 24.1 Å². The van der Waals surface area contributed by atoms with Crippen LogP contribution in [0.25, 0.3) is 6.08 Å². The molecule has 3 nitrogen and oxygen atoms in total. The molecule has 1 saturated carbocycles. The summed E-state index contributed by atoms with van der Waals surface area (Å²) in [5.74, 6) is 0.0401. The van der Waals surface area contributed by atoms with Crippen molar-refractivity contribution in [2.24, 2.45) is 0 Å². The van der Waals surface area contributed by atoms with Crippen LogP contribution < -0.4 is 5.32 Å². The van der Waals surface area contributed by atoms with Crippen molar-refractivity contribution in [3.8, 4) is 0 Å². The first-order chi connectivity index (χ1) is 10.2. The third-order valence-corrected chi connectivity index (χ3v) is 5.64. The van der Waals surface area contributed by atoms with E-state index in [4.69, 9.17) is 12.2 Å². The Kier molecular flexibility index (Phi) is 4.40. The Labute approximate surface area is 135 Å². The van der Waals surface area contributed by atoms with Gasteiger partial charge in [0.15, 0.2) is 5.11 Å². The molecule has 1 aliphatic carbocycles. The minimum Gasteiger partial charge on any atom is -0.328 e. The smallest absolute Gasteiger partial charge is 0.276 e. The Balaban J connectivity index is 1.79. The molecule has 0 unspecified atom stereocenters. The van der Waals surface area contributed by atoms with Crippen LogP contribution in [0.4, 0.5) is 0 Å². The average Bonchev–Trinajstić information content (AvgIpc) is 3.05. The second-order valence-corrected chi connectivity index (χ2v) is 7.20. The number of aryl methyl sites for hydroxylation is 1. The van der Waals surface area contributed by atoms with Gasteiger partial charge in [-0.25, -0.2) is 0 Å². The highest BCUT2D eigenvalue weighted by Crippen LogP contribution is 2.27. The molecule has 5 heteroatoms. The molecule has 21 heavy (non-hydrogen) atoms. The van der Waals surface area contributed by atoms with Gasteiger partial charge >= 0.3 is 0 Å². The number of carbonyl (C=O) groups is 1. The van der Waals surface area contributed by atoms with Crippen molar-refractivity contribution >= 4 is 40.7 Å². The Bertz CT molecular complexity index is 585. The number of hydrogen-bond acceptors (Lipinski definition) is 3. The number of amides is 1. The molecule has 2 heterocycles. The molecule has 1 amide bonds. The second-order valence-electron chi connectivity index (χ2n) is 5.61. The summed E-state index contributed by atoms with van der Waals surface area (Å²) in [4.78, 5) is 16.8. The SMILES string of the molecule is CCc1ccc(C=C2NC(=S)N(C3CCCCC3)C2=O)s1. The zero-order valence-corrected chi connectivity index (χ0v) is 13.9. The van der Waals surface area contributed by atoms with E-state index in [1.165, 1.54) is 24.1 Å². The van der Waals surface area contributed by atoms with Gasteiger partial charge in [-0.05, 0) is 49.7 Å². The normalized spacial score (nSPS) is 22.1. The topological polar surface area (TPSA) is 32.3 Å². The number of thiophene rings is 1. The molecule has 2 aliphatic rings. The molecule has 3 rings (SSSR count). The van der Waals surface area contributed by atoms with Gasteiger partial charge in [-0.15, -0.1) is 11.3 Å². The lowest BCUT2D eigenvalue weighted by Crippen LogP contribution is -2.41. The zero-order valence-electron chi connectivity index (χ0n) is 12.2. The molecule has 0 spiro atoms. The van der Waals surface area contributed by atoms with E-state index >= 15 is 0 Å². The monoisotopic (exact) mass is 320 g/mol. The number of nitrogens with one attached hydrogen (secondary N) is 1. The summed E-state index contributed by atoms with van der Waals surface area (Å²) in [7, 11) is 0. The molecule has 1 aliphatic heterocycles. The van der Waals surface area contributed by atoms with Crippen LogP contribution in [0.3, 0.4) is 0 Å². The van der Waals surface area contributed by atoms with Gasteiger partial charge in [-0.1, -0.05) is 26.2 Å². The van der Waals surface area contributed by atoms with Gasteiger partial charge in [0.25, 0.3) is 5.91 Å². The predicted octanol–water partition coefficient (Wildman–Crippen LogP) is 3.70. The van der Waals surface area contributed by atoms with E-state index < -0.39 is 0 Å². The summed E-state index contributed by atoms with van der Waals surface area (Å²) in [6, 6.07) is 4.47. The van der Waals surface area contributed by atoms with Gasteiger partial charge < -0.3 is 5.32 Å². The zero-order chi connectivity index (χ0) is 14.8. The summed E-state index contributed by atoms with van der Waals surface area (Å²) in [6.07, 6.45) is 8.76. The van der Waals surface area contributed by atoms with Crippen LogP contribution in [0, 0.1) is 0 Å². The molecular formula is C16H20N2OS2. The summed E-state index contributed by atoms with van der Waals surface area (Å²) >= 11 is 7.11. The Morgan fingerprint density at radius 1 is 1.38 bits per heavy atom.